The van der Waals surface area contributed by atoms with Crippen LogP contribution in [0.2, 0.25) is 0 Å². The number of hydrogen-bond donors (Lipinski definition) is 1. The highest BCUT2D eigenvalue weighted by atomic mass is 16.2. The summed E-state index contributed by atoms with van der Waals surface area (Å²) in [5.41, 5.74) is 0.488. The number of amides is 2. The molecule has 2 heterocycles. The number of nitrogens with one attached hydrogen (secondary N) is 1. The Morgan fingerprint density at radius 3 is 2.68 bits per heavy atom. The molecule has 1 spiro atoms. The average molecular weight is 261 g/mol. The van der Waals surface area contributed by atoms with Crippen molar-refractivity contribution in [3.63, 3.8) is 0 Å². The number of rotatable bonds is 2. The molecular weight excluding hydrogens is 242 g/mol. The predicted octanol–water partition coefficient (Wildman–Crippen LogP) is 2.18. The highest BCUT2D eigenvalue weighted by Crippen LogP contribution is 2.47. The van der Waals surface area contributed by atoms with Crippen LogP contribution in [0.1, 0.15) is 57.1 Å². The van der Waals surface area contributed by atoms with Crippen LogP contribution in [0.25, 0.3) is 0 Å². The summed E-state index contributed by atoms with van der Waals surface area (Å²) in [6.45, 7) is 1.89. The fraction of sp³-hybridized carbons (Fsp3) is 0.643. The number of carbonyl (C=O) groups excluding carboxylic acids is 2. The molecule has 1 aliphatic carbocycles. The number of aromatic amines is 1. The van der Waals surface area contributed by atoms with E-state index < -0.39 is 5.41 Å². The smallest absolute Gasteiger partial charge is 0.236 e. The Morgan fingerprint density at radius 1 is 1.32 bits per heavy atom. The fourth-order valence-corrected chi connectivity index (χ4v) is 3.47. The van der Waals surface area contributed by atoms with E-state index in [4.69, 9.17) is 0 Å². The highest BCUT2D eigenvalue weighted by molar-refractivity contribution is 6.06. The maximum Gasteiger partial charge on any atom is 0.236 e. The average Bonchev–Trinajstić information content (AvgIpc) is 2.99. The lowest BCUT2D eigenvalue weighted by molar-refractivity contribution is -0.144. The van der Waals surface area contributed by atoms with Gasteiger partial charge >= 0.3 is 0 Å². The molecule has 1 saturated carbocycles. The van der Waals surface area contributed by atoms with Crippen LogP contribution in [-0.2, 0) is 9.59 Å². The van der Waals surface area contributed by atoms with Crippen molar-refractivity contribution >= 4 is 11.8 Å². The van der Waals surface area contributed by atoms with Gasteiger partial charge in [-0.2, -0.15) is 5.10 Å². The minimum atomic E-state index is -0.396. The zero-order valence-corrected chi connectivity index (χ0v) is 11.2. The molecule has 1 N–H and O–H groups in total. The summed E-state index contributed by atoms with van der Waals surface area (Å²) in [6.07, 6.45) is 8.86. The number of nitrogens with zero attached hydrogens (tertiary/aromatic N) is 2. The molecule has 2 amide bonds. The van der Waals surface area contributed by atoms with Crippen molar-refractivity contribution in [3.05, 3.63) is 18.0 Å². The zero-order chi connectivity index (χ0) is 13.5. The molecule has 5 heteroatoms. The van der Waals surface area contributed by atoms with Crippen molar-refractivity contribution < 1.29 is 9.59 Å². The molecule has 1 unspecified atom stereocenters. The van der Waals surface area contributed by atoms with Crippen molar-refractivity contribution in [2.75, 3.05) is 0 Å². The van der Waals surface area contributed by atoms with Crippen molar-refractivity contribution in [1.82, 2.24) is 15.1 Å². The number of hydrogen-bond acceptors (Lipinski definition) is 3. The van der Waals surface area contributed by atoms with Crippen molar-refractivity contribution in [2.24, 2.45) is 5.41 Å². The number of carbonyl (C=O) groups is 2. The van der Waals surface area contributed by atoms with Crippen molar-refractivity contribution in [2.45, 2.75) is 51.5 Å². The van der Waals surface area contributed by atoms with E-state index in [1.807, 2.05) is 6.92 Å². The van der Waals surface area contributed by atoms with Gasteiger partial charge in [0.2, 0.25) is 11.8 Å². The summed E-state index contributed by atoms with van der Waals surface area (Å²) in [5, 5.41) is 6.63. The number of aromatic nitrogens is 2. The van der Waals surface area contributed by atoms with Gasteiger partial charge in [-0.3, -0.25) is 19.6 Å². The Morgan fingerprint density at radius 2 is 2.05 bits per heavy atom. The minimum Gasteiger partial charge on any atom is -0.285 e. The Balaban J connectivity index is 1.87. The van der Waals surface area contributed by atoms with Crippen LogP contribution >= 0.6 is 0 Å². The highest BCUT2D eigenvalue weighted by Gasteiger charge is 2.52. The summed E-state index contributed by atoms with van der Waals surface area (Å²) in [6, 6.07) is -0.222. The predicted molar refractivity (Wildman–Crippen MR) is 69.0 cm³/mol. The second kappa shape index (κ2) is 4.47. The van der Waals surface area contributed by atoms with Crippen LogP contribution in [0.5, 0.6) is 0 Å². The summed E-state index contributed by atoms with van der Waals surface area (Å²) in [5.74, 6) is 0.00602. The van der Waals surface area contributed by atoms with Gasteiger partial charge in [0.15, 0.2) is 0 Å². The van der Waals surface area contributed by atoms with Gasteiger partial charge in [-0.25, -0.2) is 0 Å². The van der Waals surface area contributed by atoms with Crippen LogP contribution in [0.15, 0.2) is 12.4 Å². The number of imide groups is 1. The molecule has 0 aromatic carbocycles. The Labute approximate surface area is 112 Å². The molecule has 102 valence electrons. The van der Waals surface area contributed by atoms with Crippen LogP contribution in [0.3, 0.4) is 0 Å². The van der Waals surface area contributed by atoms with E-state index in [0.29, 0.717) is 6.42 Å². The lowest BCUT2D eigenvalue weighted by Crippen LogP contribution is -2.38. The van der Waals surface area contributed by atoms with E-state index in [9.17, 15) is 9.59 Å². The summed E-state index contributed by atoms with van der Waals surface area (Å²) >= 11 is 0. The van der Waals surface area contributed by atoms with Gasteiger partial charge in [0, 0.05) is 18.2 Å². The third-order valence-corrected chi connectivity index (χ3v) is 4.63. The quantitative estimate of drug-likeness (QED) is 0.830. The molecule has 0 radical (unpaired) electrons. The van der Waals surface area contributed by atoms with Gasteiger partial charge in [0.25, 0.3) is 0 Å². The van der Waals surface area contributed by atoms with Crippen LogP contribution in [0, 0.1) is 5.41 Å². The standard InChI is InChI=1S/C14H19N3O2/c1-10(11-8-15-16-9-11)17-12(18)7-14(13(17)19)5-3-2-4-6-14/h8-10H,2-7H2,1H3,(H,15,16). The maximum atomic E-state index is 12.7. The summed E-state index contributed by atoms with van der Waals surface area (Å²) in [4.78, 5) is 26.4. The van der Waals surface area contributed by atoms with E-state index in [1.54, 1.807) is 12.4 Å². The monoisotopic (exact) mass is 261 g/mol. The normalized spacial score (nSPS) is 24.2. The molecule has 5 nitrogen and oxygen atoms in total. The molecule has 2 fully saturated rings. The maximum absolute atomic E-state index is 12.7. The molecule has 2 aliphatic rings. The first-order chi connectivity index (χ1) is 9.14. The van der Waals surface area contributed by atoms with Gasteiger partial charge in [-0.1, -0.05) is 19.3 Å². The second-order valence-electron chi connectivity index (χ2n) is 5.79. The molecule has 1 aromatic rings. The number of likely N-dealkylation sites (tertiary alicyclic amines) is 1. The lowest BCUT2D eigenvalue weighted by Gasteiger charge is -2.31. The minimum absolute atomic E-state index is 0.0272. The first kappa shape index (κ1) is 12.4. The first-order valence-electron chi connectivity index (χ1n) is 6.99. The van der Waals surface area contributed by atoms with Gasteiger partial charge in [-0.15, -0.1) is 0 Å². The Kier molecular flexibility index (Phi) is 2.92. The largest absolute Gasteiger partial charge is 0.285 e. The van der Waals surface area contributed by atoms with E-state index in [-0.39, 0.29) is 17.9 Å². The van der Waals surface area contributed by atoms with Gasteiger partial charge in [0.05, 0.1) is 17.7 Å². The van der Waals surface area contributed by atoms with E-state index in [0.717, 1.165) is 31.2 Å². The summed E-state index contributed by atoms with van der Waals surface area (Å²) in [7, 11) is 0. The van der Waals surface area contributed by atoms with E-state index >= 15 is 0 Å². The Hall–Kier alpha value is -1.65. The topological polar surface area (TPSA) is 66.1 Å². The second-order valence-corrected chi connectivity index (χ2v) is 5.79. The van der Waals surface area contributed by atoms with Crippen molar-refractivity contribution in [3.8, 4) is 0 Å². The lowest BCUT2D eigenvalue weighted by atomic mass is 9.73. The zero-order valence-electron chi connectivity index (χ0n) is 11.2. The van der Waals surface area contributed by atoms with E-state index in [2.05, 4.69) is 10.2 Å². The molecule has 3 rings (SSSR count). The van der Waals surface area contributed by atoms with Gasteiger partial charge < -0.3 is 0 Å². The third-order valence-electron chi connectivity index (χ3n) is 4.63. The summed E-state index contributed by atoms with van der Waals surface area (Å²) < 4.78 is 0. The van der Waals surface area contributed by atoms with Crippen LogP contribution in [0.4, 0.5) is 0 Å². The molecule has 1 atom stereocenters. The molecule has 19 heavy (non-hydrogen) atoms. The molecule has 1 aliphatic heterocycles. The van der Waals surface area contributed by atoms with E-state index in [1.165, 1.54) is 11.3 Å². The van der Waals surface area contributed by atoms with Crippen LogP contribution in [-0.4, -0.2) is 26.9 Å². The molecular formula is C14H19N3O2. The molecule has 0 bridgehead atoms. The SMILES string of the molecule is CC(c1cn[nH]c1)N1C(=O)CC2(CCCCC2)C1=O. The van der Waals surface area contributed by atoms with Crippen molar-refractivity contribution in [1.29, 1.82) is 0 Å². The van der Waals surface area contributed by atoms with Gasteiger partial charge in [-0.05, 0) is 19.8 Å². The fourth-order valence-electron chi connectivity index (χ4n) is 3.47. The third kappa shape index (κ3) is 1.88. The van der Waals surface area contributed by atoms with Crippen LogP contribution < -0.4 is 0 Å². The molecule has 1 saturated heterocycles. The van der Waals surface area contributed by atoms with Gasteiger partial charge in [0.1, 0.15) is 0 Å². The number of H-pyrrole nitrogens is 1. The Bertz CT molecular complexity index is 489. The molecule has 1 aromatic heterocycles. The first-order valence-corrected chi connectivity index (χ1v) is 6.99.